The van der Waals surface area contributed by atoms with Gasteiger partial charge >= 0.3 is 0 Å². The minimum Gasteiger partial charge on any atom is -0.340 e. The Kier molecular flexibility index (Phi) is 1.90. The summed E-state index contributed by atoms with van der Waals surface area (Å²) in [4.78, 5) is 0. The van der Waals surface area contributed by atoms with Gasteiger partial charge in [-0.3, -0.25) is 0 Å². The highest BCUT2D eigenvalue weighted by molar-refractivity contribution is 6.40. The maximum Gasteiger partial charge on any atom is 0.0838 e. The third-order valence-corrected chi connectivity index (χ3v) is 0.789. The van der Waals surface area contributed by atoms with Gasteiger partial charge in [0.25, 0.3) is 0 Å². The lowest BCUT2D eigenvalue weighted by Crippen LogP contribution is -2.54. The Balaban J connectivity index is 3.54. The summed E-state index contributed by atoms with van der Waals surface area (Å²) in [5, 5.41) is -1.22. The van der Waals surface area contributed by atoms with Crippen LogP contribution in [-0.2, 0) is 0 Å². The molecular formula is C3H8B2N2. The zero-order valence-electron chi connectivity index (χ0n) is 4.39. The minimum atomic E-state index is -1.22. The van der Waals surface area contributed by atoms with Crippen LogP contribution >= 0.6 is 0 Å². The van der Waals surface area contributed by atoms with Crippen molar-refractivity contribution in [1.82, 2.24) is 0 Å². The largest absolute Gasteiger partial charge is 0.340 e. The van der Waals surface area contributed by atoms with E-state index in [4.69, 9.17) is 27.2 Å². The molecule has 0 heterocycles. The third-order valence-electron chi connectivity index (χ3n) is 0.789. The van der Waals surface area contributed by atoms with Crippen LogP contribution in [0.3, 0.4) is 0 Å². The van der Waals surface area contributed by atoms with E-state index in [-0.39, 0.29) is 6.04 Å². The summed E-state index contributed by atoms with van der Waals surface area (Å²) in [6.07, 6.45) is 0. The predicted octanol–water partition coefficient (Wildman–Crippen LogP) is -1.72. The van der Waals surface area contributed by atoms with Crippen LogP contribution in [-0.4, -0.2) is 27.1 Å². The van der Waals surface area contributed by atoms with Gasteiger partial charge in [0, 0.05) is 6.04 Å². The molecule has 0 aromatic rings. The molecule has 0 bridgehead atoms. The predicted molar refractivity (Wildman–Crippen MR) is 32.1 cm³/mol. The molecule has 0 aromatic heterocycles. The second-order valence-corrected chi connectivity index (χ2v) is 1.79. The fourth-order valence-electron chi connectivity index (χ4n) is 0. The molecule has 0 fully saturated rings. The van der Waals surface area contributed by atoms with Crippen LogP contribution < -0.4 is 11.5 Å². The van der Waals surface area contributed by atoms with E-state index in [1.54, 1.807) is 6.92 Å². The van der Waals surface area contributed by atoms with Gasteiger partial charge in [-0.2, -0.15) is 0 Å². The summed E-state index contributed by atoms with van der Waals surface area (Å²) in [6, 6.07) is -0.368. The second kappa shape index (κ2) is 1.88. The van der Waals surface area contributed by atoms with Crippen molar-refractivity contribution in [2.24, 2.45) is 11.5 Å². The zero-order chi connectivity index (χ0) is 6.08. The lowest BCUT2D eigenvalue weighted by molar-refractivity contribution is 0.646. The van der Waals surface area contributed by atoms with Crippen molar-refractivity contribution < 1.29 is 0 Å². The maximum absolute atomic E-state index is 5.19. The first-order valence-corrected chi connectivity index (χ1v) is 2.07. The Morgan fingerprint density at radius 1 is 1.57 bits per heavy atom. The molecule has 4 N–H and O–H groups in total. The molecule has 0 aromatic carbocycles. The van der Waals surface area contributed by atoms with Crippen LogP contribution in [0.2, 0.25) is 0 Å². The van der Waals surface area contributed by atoms with Crippen molar-refractivity contribution in [3.05, 3.63) is 0 Å². The highest BCUT2D eigenvalue weighted by atomic mass is 14.8. The Bertz CT molecular complexity index is 56.4. The fourth-order valence-corrected chi connectivity index (χ4v) is 0. The maximum atomic E-state index is 5.19. The van der Waals surface area contributed by atoms with E-state index in [1.807, 2.05) is 0 Å². The van der Waals surface area contributed by atoms with Crippen molar-refractivity contribution in [3.63, 3.8) is 0 Å². The summed E-state index contributed by atoms with van der Waals surface area (Å²) in [5.41, 5.74) is 10.3. The third kappa shape index (κ3) is 2.71. The highest BCUT2D eigenvalue weighted by Gasteiger charge is 2.13. The van der Waals surface area contributed by atoms with Gasteiger partial charge in [-0.25, -0.2) is 0 Å². The van der Waals surface area contributed by atoms with Gasteiger partial charge in [0.05, 0.1) is 15.7 Å². The van der Waals surface area contributed by atoms with E-state index >= 15 is 0 Å². The van der Waals surface area contributed by atoms with Gasteiger partial charge in [0.15, 0.2) is 0 Å². The quantitative estimate of drug-likeness (QED) is 0.379. The molecule has 0 spiro atoms. The molecule has 36 valence electrons. The van der Waals surface area contributed by atoms with E-state index < -0.39 is 5.34 Å². The van der Waals surface area contributed by atoms with E-state index in [2.05, 4.69) is 0 Å². The van der Waals surface area contributed by atoms with Gasteiger partial charge in [-0.15, -0.1) is 0 Å². The molecule has 0 amide bonds. The molecule has 0 aliphatic rings. The summed E-state index contributed by atoms with van der Waals surface area (Å²) in [6.45, 7) is 1.65. The highest BCUT2D eigenvalue weighted by Crippen LogP contribution is 1.88. The summed E-state index contributed by atoms with van der Waals surface area (Å²) in [5.74, 6) is 0. The first-order chi connectivity index (χ1) is 2.94. The summed E-state index contributed by atoms with van der Waals surface area (Å²) < 4.78 is 0. The van der Waals surface area contributed by atoms with Gasteiger partial charge in [0.2, 0.25) is 0 Å². The minimum absolute atomic E-state index is 0.368. The molecule has 0 saturated carbocycles. The average Bonchev–Trinajstić information content (AvgIpc) is 1.31. The lowest BCUT2D eigenvalue weighted by Gasteiger charge is -2.23. The number of hydrogen-bond acceptors (Lipinski definition) is 2. The van der Waals surface area contributed by atoms with Crippen molar-refractivity contribution in [2.75, 3.05) is 0 Å². The number of nitrogens with two attached hydrogens (primary N) is 2. The van der Waals surface area contributed by atoms with Gasteiger partial charge in [-0.05, 0) is 12.3 Å². The second-order valence-electron chi connectivity index (χ2n) is 1.79. The molecule has 0 saturated heterocycles. The van der Waals surface area contributed by atoms with Gasteiger partial charge in [-0.1, -0.05) is 0 Å². The SMILES string of the molecule is [B]C([B])(N)C(C)N. The van der Waals surface area contributed by atoms with Crippen molar-refractivity contribution >= 4 is 15.7 Å². The van der Waals surface area contributed by atoms with Gasteiger partial charge < -0.3 is 11.5 Å². The monoisotopic (exact) mass is 94.1 g/mol. The van der Waals surface area contributed by atoms with Crippen LogP contribution in [0.1, 0.15) is 6.92 Å². The van der Waals surface area contributed by atoms with Crippen molar-refractivity contribution in [3.8, 4) is 0 Å². The molecule has 0 aliphatic heterocycles. The Morgan fingerprint density at radius 2 is 1.71 bits per heavy atom. The van der Waals surface area contributed by atoms with E-state index in [9.17, 15) is 0 Å². The molecule has 4 heteroatoms. The number of hydrogen-bond donors (Lipinski definition) is 2. The standard InChI is InChI=1S/C3H8B2N2/c1-2(6)3(4,5)7/h2H,6-7H2,1H3. The average molecular weight is 93.7 g/mol. The van der Waals surface area contributed by atoms with Crippen molar-refractivity contribution in [1.29, 1.82) is 0 Å². The first kappa shape index (κ1) is 7.05. The Hall–Kier alpha value is 0.0499. The molecule has 4 radical (unpaired) electrons. The molecule has 1 atom stereocenters. The summed E-state index contributed by atoms with van der Waals surface area (Å²) in [7, 11) is 10.2. The Morgan fingerprint density at radius 3 is 1.71 bits per heavy atom. The van der Waals surface area contributed by atoms with Crippen LogP contribution in [0.5, 0.6) is 0 Å². The first-order valence-electron chi connectivity index (χ1n) is 2.07. The molecule has 1 unspecified atom stereocenters. The topological polar surface area (TPSA) is 52.0 Å². The molecule has 0 aliphatic carbocycles. The fraction of sp³-hybridized carbons (Fsp3) is 1.00. The van der Waals surface area contributed by atoms with Gasteiger partial charge in [0.1, 0.15) is 0 Å². The van der Waals surface area contributed by atoms with Crippen LogP contribution in [0.4, 0.5) is 0 Å². The number of rotatable bonds is 1. The Labute approximate surface area is 46.5 Å². The zero-order valence-corrected chi connectivity index (χ0v) is 4.39. The van der Waals surface area contributed by atoms with Crippen LogP contribution in [0.15, 0.2) is 0 Å². The molecule has 7 heavy (non-hydrogen) atoms. The molecule has 0 rings (SSSR count). The smallest absolute Gasteiger partial charge is 0.0838 e. The van der Waals surface area contributed by atoms with Crippen LogP contribution in [0, 0.1) is 0 Å². The van der Waals surface area contributed by atoms with E-state index in [0.29, 0.717) is 0 Å². The normalized spacial score (nSPS) is 16.4. The lowest BCUT2D eigenvalue weighted by atomic mass is 9.59. The molecule has 2 nitrogen and oxygen atoms in total. The summed E-state index contributed by atoms with van der Waals surface area (Å²) >= 11 is 0. The van der Waals surface area contributed by atoms with Crippen molar-refractivity contribution in [2.45, 2.75) is 18.3 Å². The van der Waals surface area contributed by atoms with E-state index in [1.165, 1.54) is 0 Å². The van der Waals surface area contributed by atoms with Crippen LogP contribution in [0.25, 0.3) is 0 Å². The molecular weight excluding hydrogens is 85.7 g/mol. The van der Waals surface area contributed by atoms with E-state index in [0.717, 1.165) is 0 Å².